The van der Waals surface area contributed by atoms with Crippen LogP contribution in [0.2, 0.25) is 0 Å². The number of fused-ring (bicyclic) bond motifs is 1. The summed E-state index contributed by atoms with van der Waals surface area (Å²) >= 11 is 6.22. The standard InChI is InChI=1S/C20H15ClF3N3O/c21-16-5-1-2-6-18(16)27-14(11-19(26-27)20(22,23)24)12-28-15-7-8-17-13(10-15)4-3-9-25-17/h1-5,7-11,18H,6,12H2. The van der Waals surface area contributed by atoms with Crippen molar-refractivity contribution in [1.29, 1.82) is 0 Å². The van der Waals surface area contributed by atoms with Gasteiger partial charge >= 0.3 is 6.18 Å². The van der Waals surface area contributed by atoms with Crippen molar-refractivity contribution in [2.75, 3.05) is 0 Å². The Bertz CT molecular complexity index is 1070. The summed E-state index contributed by atoms with van der Waals surface area (Å²) in [6.07, 6.45) is 2.87. The van der Waals surface area contributed by atoms with E-state index in [-0.39, 0.29) is 6.61 Å². The van der Waals surface area contributed by atoms with Crippen molar-refractivity contribution in [1.82, 2.24) is 14.8 Å². The number of halogens is 4. The molecule has 2 aromatic heterocycles. The van der Waals surface area contributed by atoms with Gasteiger partial charge in [-0.15, -0.1) is 0 Å². The van der Waals surface area contributed by atoms with Crippen molar-refractivity contribution >= 4 is 22.5 Å². The number of rotatable bonds is 4. The van der Waals surface area contributed by atoms with Crippen LogP contribution in [0.1, 0.15) is 23.9 Å². The Hall–Kier alpha value is -2.80. The van der Waals surface area contributed by atoms with Crippen molar-refractivity contribution in [2.45, 2.75) is 25.2 Å². The van der Waals surface area contributed by atoms with Crippen molar-refractivity contribution in [3.8, 4) is 5.75 Å². The summed E-state index contributed by atoms with van der Waals surface area (Å²) in [5, 5.41) is 5.07. The molecule has 0 fully saturated rings. The summed E-state index contributed by atoms with van der Waals surface area (Å²) in [5.74, 6) is 0.534. The van der Waals surface area contributed by atoms with Crippen molar-refractivity contribution in [3.05, 3.63) is 77.2 Å². The Kier molecular flexibility index (Phi) is 4.85. The second-order valence-electron chi connectivity index (χ2n) is 6.34. The highest BCUT2D eigenvalue weighted by atomic mass is 35.5. The number of alkyl halides is 3. The molecule has 1 atom stereocenters. The van der Waals surface area contributed by atoms with Gasteiger partial charge in [-0.25, -0.2) is 0 Å². The number of benzene rings is 1. The quantitative estimate of drug-likeness (QED) is 0.563. The molecule has 0 bridgehead atoms. The number of ether oxygens (including phenoxy) is 1. The fraction of sp³-hybridized carbons (Fsp3) is 0.200. The zero-order chi connectivity index (χ0) is 19.7. The van der Waals surface area contributed by atoms with Gasteiger partial charge in [-0.05, 0) is 42.8 Å². The molecule has 1 unspecified atom stereocenters. The molecule has 0 spiro atoms. The van der Waals surface area contributed by atoms with E-state index in [0.29, 0.717) is 22.9 Å². The maximum Gasteiger partial charge on any atom is 0.435 e. The molecule has 28 heavy (non-hydrogen) atoms. The Morgan fingerprint density at radius 3 is 2.86 bits per heavy atom. The first-order valence-electron chi connectivity index (χ1n) is 8.57. The van der Waals surface area contributed by atoms with E-state index in [4.69, 9.17) is 16.3 Å². The lowest BCUT2D eigenvalue weighted by Gasteiger charge is -2.20. The first-order valence-corrected chi connectivity index (χ1v) is 8.95. The molecular formula is C20H15ClF3N3O. The van der Waals surface area contributed by atoms with Gasteiger partial charge in [0, 0.05) is 16.6 Å². The van der Waals surface area contributed by atoms with Crippen LogP contribution in [0, 0.1) is 0 Å². The van der Waals surface area contributed by atoms with Crippen molar-refractivity contribution in [3.63, 3.8) is 0 Å². The van der Waals surface area contributed by atoms with Crippen LogP contribution in [0.4, 0.5) is 13.2 Å². The summed E-state index contributed by atoms with van der Waals surface area (Å²) in [7, 11) is 0. The number of allylic oxidation sites excluding steroid dienone is 4. The maximum absolute atomic E-state index is 13.2. The predicted octanol–water partition coefficient (Wildman–Crippen LogP) is 5.65. The summed E-state index contributed by atoms with van der Waals surface area (Å²) in [5.41, 5.74) is 0.142. The molecule has 4 nitrogen and oxygen atoms in total. The van der Waals surface area contributed by atoms with Crippen molar-refractivity contribution in [2.24, 2.45) is 0 Å². The lowest BCUT2D eigenvalue weighted by atomic mass is 10.1. The topological polar surface area (TPSA) is 39.9 Å². The van der Waals surface area contributed by atoms with E-state index >= 15 is 0 Å². The highest BCUT2D eigenvalue weighted by molar-refractivity contribution is 6.30. The van der Waals surface area contributed by atoms with E-state index < -0.39 is 17.9 Å². The maximum atomic E-state index is 13.2. The zero-order valence-electron chi connectivity index (χ0n) is 14.5. The van der Waals surface area contributed by atoms with Crippen LogP contribution < -0.4 is 4.74 Å². The minimum absolute atomic E-state index is 0.0702. The third-order valence-electron chi connectivity index (χ3n) is 4.43. The highest BCUT2D eigenvalue weighted by Crippen LogP contribution is 2.34. The van der Waals surface area contributed by atoms with Gasteiger partial charge in [-0.2, -0.15) is 18.3 Å². The van der Waals surface area contributed by atoms with Crippen LogP contribution in [0.5, 0.6) is 5.75 Å². The van der Waals surface area contributed by atoms with E-state index in [0.717, 1.165) is 17.0 Å². The van der Waals surface area contributed by atoms with Gasteiger partial charge in [0.15, 0.2) is 5.69 Å². The van der Waals surface area contributed by atoms with Crippen LogP contribution >= 0.6 is 11.6 Å². The first kappa shape index (κ1) is 18.6. The lowest BCUT2D eigenvalue weighted by Crippen LogP contribution is -2.17. The second kappa shape index (κ2) is 7.31. The third kappa shape index (κ3) is 3.75. The molecule has 0 radical (unpaired) electrons. The average molecular weight is 406 g/mol. The predicted molar refractivity (Wildman–Crippen MR) is 100 cm³/mol. The minimum atomic E-state index is -4.55. The molecule has 3 aromatic rings. The van der Waals surface area contributed by atoms with Crippen LogP contribution in [0.15, 0.2) is 65.9 Å². The van der Waals surface area contributed by atoms with E-state index in [1.165, 1.54) is 4.68 Å². The lowest BCUT2D eigenvalue weighted by molar-refractivity contribution is -0.141. The summed E-state index contributed by atoms with van der Waals surface area (Å²) < 4.78 is 46.7. The molecule has 0 saturated heterocycles. The van der Waals surface area contributed by atoms with E-state index in [2.05, 4.69) is 10.1 Å². The largest absolute Gasteiger partial charge is 0.487 e. The molecular weight excluding hydrogens is 391 g/mol. The van der Waals surface area contributed by atoms with Crippen molar-refractivity contribution < 1.29 is 17.9 Å². The van der Waals surface area contributed by atoms with Crippen LogP contribution in [0.25, 0.3) is 10.9 Å². The van der Waals surface area contributed by atoms with Gasteiger partial charge in [-0.1, -0.05) is 29.8 Å². The molecule has 2 heterocycles. The van der Waals surface area contributed by atoms with Gasteiger partial charge in [0.1, 0.15) is 12.4 Å². The number of pyridine rings is 1. The third-order valence-corrected chi connectivity index (χ3v) is 4.81. The normalized spacial score (nSPS) is 17.0. The Morgan fingerprint density at radius 1 is 1.21 bits per heavy atom. The van der Waals surface area contributed by atoms with Gasteiger partial charge in [0.2, 0.25) is 0 Å². The summed E-state index contributed by atoms with van der Waals surface area (Å²) in [6, 6.07) is 9.55. The fourth-order valence-corrected chi connectivity index (χ4v) is 3.31. The molecule has 0 amide bonds. The number of hydrogen-bond acceptors (Lipinski definition) is 3. The second-order valence-corrected chi connectivity index (χ2v) is 6.78. The summed E-state index contributed by atoms with van der Waals surface area (Å²) in [6.45, 7) is -0.0702. The molecule has 4 rings (SSSR count). The number of nitrogens with zero attached hydrogens (tertiary/aromatic N) is 3. The van der Waals surface area contributed by atoms with E-state index in [1.54, 1.807) is 36.5 Å². The Balaban J connectivity index is 1.63. The molecule has 8 heteroatoms. The van der Waals surface area contributed by atoms with E-state index in [9.17, 15) is 13.2 Å². The fourth-order valence-electron chi connectivity index (χ4n) is 3.06. The SMILES string of the molecule is FC(F)(F)c1cc(COc2ccc3ncccc3c2)n(C2CC=CC=C2Cl)n1. The Morgan fingerprint density at radius 2 is 2.07 bits per heavy atom. The molecule has 1 aliphatic rings. The van der Waals surface area contributed by atoms with Gasteiger partial charge < -0.3 is 4.74 Å². The molecule has 0 N–H and O–H groups in total. The monoisotopic (exact) mass is 405 g/mol. The van der Waals surface area contributed by atoms with Gasteiger partial charge in [0.25, 0.3) is 0 Å². The molecule has 0 saturated carbocycles. The van der Waals surface area contributed by atoms with Crippen LogP contribution in [-0.2, 0) is 12.8 Å². The molecule has 0 aliphatic heterocycles. The average Bonchev–Trinajstić information content (AvgIpc) is 3.11. The first-order chi connectivity index (χ1) is 13.4. The van der Waals surface area contributed by atoms with Gasteiger partial charge in [-0.3, -0.25) is 9.67 Å². The zero-order valence-corrected chi connectivity index (χ0v) is 15.3. The van der Waals surface area contributed by atoms with Crippen LogP contribution in [-0.4, -0.2) is 14.8 Å². The molecule has 1 aromatic carbocycles. The molecule has 144 valence electrons. The van der Waals surface area contributed by atoms with E-state index in [1.807, 2.05) is 18.2 Å². The van der Waals surface area contributed by atoms with Gasteiger partial charge in [0.05, 0.1) is 17.3 Å². The minimum Gasteiger partial charge on any atom is -0.487 e. The molecule has 1 aliphatic carbocycles. The summed E-state index contributed by atoms with van der Waals surface area (Å²) in [4.78, 5) is 4.23. The Labute approximate surface area is 163 Å². The number of hydrogen-bond donors (Lipinski definition) is 0. The smallest absolute Gasteiger partial charge is 0.435 e. The highest BCUT2D eigenvalue weighted by Gasteiger charge is 2.36. The number of aromatic nitrogens is 3. The van der Waals surface area contributed by atoms with Crippen LogP contribution in [0.3, 0.4) is 0 Å².